The Kier molecular flexibility index (Phi) is 6.15. The molecule has 1 aromatic heterocycles. The minimum absolute atomic E-state index is 0. The van der Waals surface area contributed by atoms with Crippen LogP contribution in [-0.2, 0) is 13.6 Å². The van der Waals surface area contributed by atoms with Gasteiger partial charge >= 0.3 is 0 Å². The average Bonchev–Trinajstić information content (AvgIpc) is 3.10. The van der Waals surface area contributed by atoms with Crippen LogP contribution < -0.4 is 5.32 Å². The number of aryl methyl sites for hydroxylation is 1. The van der Waals surface area contributed by atoms with E-state index in [1.54, 1.807) is 0 Å². The molecule has 2 heterocycles. The number of hydrogen-bond acceptors (Lipinski definition) is 4. The van der Waals surface area contributed by atoms with Gasteiger partial charge in [-0.3, -0.25) is 4.90 Å². The van der Waals surface area contributed by atoms with Crippen molar-refractivity contribution in [2.75, 3.05) is 26.2 Å². The standard InChI is InChI=1S/C20H33N7.HI/c1-14-23-24-19(25(14)2)13-21-20(22-17-5-6-17)27-9-7-26(8-10-27)18-12-15-3-4-16(18)11-15;/h15-18H,3-13H2,1-2H3,(H,21,22);1H. The molecule has 0 aromatic carbocycles. The van der Waals surface area contributed by atoms with Crippen molar-refractivity contribution in [2.45, 2.75) is 64.1 Å². The second-order valence-electron chi connectivity index (χ2n) is 9.05. The molecule has 3 aliphatic carbocycles. The SMILES string of the molecule is Cc1nnc(CN=C(NC2CC2)N2CCN(C3CC4CCC3C4)CC2)n1C.I. The van der Waals surface area contributed by atoms with Crippen LogP contribution in [0.1, 0.15) is 50.2 Å². The molecule has 0 radical (unpaired) electrons. The summed E-state index contributed by atoms with van der Waals surface area (Å²) in [4.78, 5) is 10.2. The summed E-state index contributed by atoms with van der Waals surface area (Å²) in [6.45, 7) is 7.12. The molecule has 3 unspecified atom stereocenters. The van der Waals surface area contributed by atoms with Gasteiger partial charge in [0.2, 0.25) is 0 Å². The lowest BCUT2D eigenvalue weighted by molar-refractivity contribution is 0.0957. The Bertz CT molecular complexity index is 705. The molecular formula is C20H34IN7. The molecule has 5 rings (SSSR count). The van der Waals surface area contributed by atoms with Gasteiger partial charge in [0.05, 0.1) is 0 Å². The third-order valence-corrected chi connectivity index (χ3v) is 7.25. The van der Waals surface area contributed by atoms with Crippen molar-refractivity contribution < 1.29 is 0 Å². The highest BCUT2D eigenvalue weighted by Crippen LogP contribution is 2.46. The molecule has 3 atom stereocenters. The van der Waals surface area contributed by atoms with Gasteiger partial charge in [-0.1, -0.05) is 6.42 Å². The number of nitrogens with zero attached hydrogens (tertiary/aromatic N) is 6. The van der Waals surface area contributed by atoms with Gasteiger partial charge < -0.3 is 14.8 Å². The number of halogens is 1. The van der Waals surface area contributed by atoms with Crippen LogP contribution >= 0.6 is 24.0 Å². The first-order chi connectivity index (χ1) is 13.2. The highest BCUT2D eigenvalue weighted by Gasteiger charge is 2.43. The molecule has 8 heteroatoms. The Balaban J connectivity index is 0.00000192. The number of guanidine groups is 1. The normalized spacial score (nSPS) is 30.6. The Morgan fingerprint density at radius 1 is 1.07 bits per heavy atom. The molecule has 7 nitrogen and oxygen atoms in total. The number of piperazine rings is 1. The number of nitrogens with one attached hydrogen (secondary N) is 1. The second-order valence-corrected chi connectivity index (χ2v) is 9.05. The summed E-state index contributed by atoms with van der Waals surface area (Å²) in [5.41, 5.74) is 0. The van der Waals surface area contributed by atoms with E-state index in [2.05, 4.69) is 25.3 Å². The number of fused-ring (bicyclic) bond motifs is 2. The van der Waals surface area contributed by atoms with Gasteiger partial charge in [0, 0.05) is 45.3 Å². The summed E-state index contributed by atoms with van der Waals surface area (Å²) in [5.74, 6) is 4.96. The molecule has 1 aromatic rings. The topological polar surface area (TPSA) is 61.6 Å². The monoisotopic (exact) mass is 499 g/mol. The molecule has 3 saturated carbocycles. The Labute approximate surface area is 185 Å². The molecule has 0 amide bonds. The van der Waals surface area contributed by atoms with Crippen molar-refractivity contribution in [1.29, 1.82) is 0 Å². The van der Waals surface area contributed by atoms with E-state index >= 15 is 0 Å². The van der Waals surface area contributed by atoms with Crippen LogP contribution in [0.2, 0.25) is 0 Å². The number of rotatable bonds is 4. The summed E-state index contributed by atoms with van der Waals surface area (Å²) in [6, 6.07) is 1.48. The number of aliphatic imine (C=N–C) groups is 1. The highest BCUT2D eigenvalue weighted by molar-refractivity contribution is 14.0. The van der Waals surface area contributed by atoms with Crippen molar-refractivity contribution in [3.63, 3.8) is 0 Å². The predicted octanol–water partition coefficient (Wildman–Crippen LogP) is 2.16. The first-order valence-corrected chi connectivity index (χ1v) is 10.8. The van der Waals surface area contributed by atoms with Crippen LogP contribution in [0.5, 0.6) is 0 Å². The van der Waals surface area contributed by atoms with Gasteiger partial charge in [-0.25, -0.2) is 4.99 Å². The third kappa shape index (κ3) is 4.17. The molecule has 1 saturated heterocycles. The maximum atomic E-state index is 4.92. The summed E-state index contributed by atoms with van der Waals surface area (Å²) < 4.78 is 2.03. The summed E-state index contributed by atoms with van der Waals surface area (Å²) in [7, 11) is 2.02. The van der Waals surface area contributed by atoms with Gasteiger partial charge in [-0.05, 0) is 50.9 Å². The summed E-state index contributed by atoms with van der Waals surface area (Å²) >= 11 is 0. The fourth-order valence-electron chi connectivity index (χ4n) is 5.31. The van der Waals surface area contributed by atoms with Crippen LogP contribution in [0, 0.1) is 18.8 Å². The van der Waals surface area contributed by atoms with Crippen molar-refractivity contribution in [2.24, 2.45) is 23.9 Å². The highest BCUT2D eigenvalue weighted by atomic mass is 127. The summed E-state index contributed by atoms with van der Waals surface area (Å²) in [6.07, 6.45) is 8.46. The lowest BCUT2D eigenvalue weighted by Gasteiger charge is -2.42. The van der Waals surface area contributed by atoms with Crippen molar-refractivity contribution >= 4 is 29.9 Å². The van der Waals surface area contributed by atoms with E-state index in [1.807, 2.05) is 18.5 Å². The van der Waals surface area contributed by atoms with Crippen molar-refractivity contribution in [1.82, 2.24) is 29.9 Å². The molecule has 28 heavy (non-hydrogen) atoms. The second kappa shape index (κ2) is 8.45. The van der Waals surface area contributed by atoms with E-state index in [1.165, 1.54) is 51.6 Å². The zero-order valence-corrected chi connectivity index (χ0v) is 19.5. The smallest absolute Gasteiger partial charge is 0.194 e. The zero-order valence-electron chi connectivity index (χ0n) is 17.2. The third-order valence-electron chi connectivity index (χ3n) is 7.25. The van der Waals surface area contributed by atoms with Crippen LogP contribution in [0.25, 0.3) is 0 Å². The van der Waals surface area contributed by atoms with E-state index in [0.29, 0.717) is 12.6 Å². The molecule has 4 fully saturated rings. The lowest BCUT2D eigenvalue weighted by atomic mass is 9.93. The van der Waals surface area contributed by atoms with E-state index < -0.39 is 0 Å². The number of hydrogen-bond donors (Lipinski definition) is 1. The van der Waals surface area contributed by atoms with Gasteiger partial charge in [0.25, 0.3) is 0 Å². The van der Waals surface area contributed by atoms with Gasteiger partial charge in [-0.15, -0.1) is 34.2 Å². The Morgan fingerprint density at radius 3 is 2.43 bits per heavy atom. The molecule has 156 valence electrons. The van der Waals surface area contributed by atoms with Crippen LogP contribution in [0.3, 0.4) is 0 Å². The van der Waals surface area contributed by atoms with Gasteiger partial charge in [0.1, 0.15) is 12.4 Å². The molecule has 0 spiro atoms. The first-order valence-electron chi connectivity index (χ1n) is 10.8. The van der Waals surface area contributed by atoms with Crippen molar-refractivity contribution in [3.05, 3.63) is 11.6 Å². The molecule has 1 N–H and O–H groups in total. The zero-order chi connectivity index (χ0) is 18.4. The van der Waals surface area contributed by atoms with E-state index in [-0.39, 0.29) is 24.0 Å². The fourth-order valence-corrected chi connectivity index (χ4v) is 5.31. The first kappa shape index (κ1) is 20.4. The predicted molar refractivity (Wildman–Crippen MR) is 121 cm³/mol. The Hall–Kier alpha value is -0.900. The fraction of sp³-hybridized carbons (Fsp3) is 0.850. The van der Waals surface area contributed by atoms with E-state index in [9.17, 15) is 0 Å². The maximum Gasteiger partial charge on any atom is 0.194 e. The molecule has 2 bridgehead atoms. The molecule has 4 aliphatic rings. The minimum Gasteiger partial charge on any atom is -0.353 e. The maximum absolute atomic E-state index is 4.92. The van der Waals surface area contributed by atoms with Crippen LogP contribution in [0.15, 0.2) is 4.99 Å². The van der Waals surface area contributed by atoms with E-state index in [0.717, 1.165) is 48.6 Å². The quantitative estimate of drug-likeness (QED) is 0.391. The van der Waals surface area contributed by atoms with Gasteiger partial charge in [-0.2, -0.15) is 0 Å². The molecule has 1 aliphatic heterocycles. The van der Waals surface area contributed by atoms with Crippen LogP contribution in [0.4, 0.5) is 0 Å². The number of aromatic nitrogens is 3. The van der Waals surface area contributed by atoms with Crippen molar-refractivity contribution in [3.8, 4) is 0 Å². The lowest BCUT2D eigenvalue weighted by Crippen LogP contribution is -2.55. The van der Waals surface area contributed by atoms with Gasteiger partial charge in [0.15, 0.2) is 11.8 Å². The average molecular weight is 499 g/mol. The molecular weight excluding hydrogens is 465 g/mol. The Morgan fingerprint density at radius 2 is 1.86 bits per heavy atom. The minimum atomic E-state index is 0. The largest absolute Gasteiger partial charge is 0.353 e. The van der Waals surface area contributed by atoms with E-state index in [4.69, 9.17) is 4.99 Å². The van der Waals surface area contributed by atoms with Crippen LogP contribution in [-0.4, -0.2) is 68.8 Å². The summed E-state index contributed by atoms with van der Waals surface area (Å²) in [5, 5.41) is 12.1.